The molecule has 10 heteroatoms. The zero-order valence-electron chi connectivity index (χ0n) is 21.1. The van der Waals surface area contributed by atoms with Crippen molar-refractivity contribution in [1.82, 2.24) is 14.5 Å². The van der Waals surface area contributed by atoms with Gasteiger partial charge >= 0.3 is 6.09 Å². The standard InChI is InChI=1S/C26H30N4O6/c1-16-19(24(31)28-13-18(14-28)33-5)15-30-23(16)21(8-9-27-30)35-17-6-7-20-22(12-17)34-11-10-29(20)25(32)36-26(2,3)4/h6-9,12,15,18H,10-11,13-14H2,1-5H3. The zero-order chi connectivity index (χ0) is 25.6. The zero-order valence-corrected chi connectivity index (χ0v) is 21.1. The Morgan fingerprint density at radius 2 is 1.94 bits per heavy atom. The molecule has 0 bridgehead atoms. The van der Waals surface area contributed by atoms with Gasteiger partial charge in [-0.1, -0.05) is 0 Å². The average Bonchev–Trinajstić information content (AvgIpc) is 3.14. The molecule has 36 heavy (non-hydrogen) atoms. The number of benzene rings is 1. The molecule has 0 N–H and O–H groups in total. The van der Waals surface area contributed by atoms with Gasteiger partial charge in [-0.2, -0.15) is 5.10 Å². The number of rotatable bonds is 4. The molecule has 2 amide bonds. The normalized spacial score (nSPS) is 15.8. The molecular formula is C26H30N4O6. The summed E-state index contributed by atoms with van der Waals surface area (Å²) >= 11 is 0. The Balaban J connectivity index is 1.40. The fourth-order valence-corrected chi connectivity index (χ4v) is 4.34. The minimum Gasteiger partial charge on any atom is -0.489 e. The van der Waals surface area contributed by atoms with E-state index in [2.05, 4.69) is 5.10 Å². The summed E-state index contributed by atoms with van der Waals surface area (Å²) in [6.07, 6.45) is 3.02. The van der Waals surface area contributed by atoms with Gasteiger partial charge in [-0.15, -0.1) is 0 Å². The Kier molecular flexibility index (Phi) is 5.99. The number of carbonyl (C=O) groups is 2. The minimum absolute atomic E-state index is 0.0540. The van der Waals surface area contributed by atoms with Crippen LogP contribution in [0.25, 0.3) is 5.52 Å². The number of methoxy groups -OCH3 is 1. The lowest BCUT2D eigenvalue weighted by Gasteiger charge is -2.38. The van der Waals surface area contributed by atoms with Crippen molar-refractivity contribution in [1.29, 1.82) is 0 Å². The molecule has 0 radical (unpaired) electrons. The van der Waals surface area contributed by atoms with Gasteiger partial charge in [-0.05, 0) is 45.4 Å². The van der Waals surface area contributed by atoms with Crippen molar-refractivity contribution >= 4 is 23.2 Å². The van der Waals surface area contributed by atoms with Gasteiger partial charge in [0.2, 0.25) is 0 Å². The SMILES string of the molecule is COC1CN(C(=O)c2cn3nccc(Oc4ccc5c(c4)OCCN5C(=O)OC(C)(C)C)c3c2C)C1. The second kappa shape index (κ2) is 9.02. The Morgan fingerprint density at radius 1 is 1.17 bits per heavy atom. The van der Waals surface area contributed by atoms with Gasteiger partial charge in [0, 0.05) is 38.5 Å². The van der Waals surface area contributed by atoms with Crippen LogP contribution >= 0.6 is 0 Å². The summed E-state index contributed by atoms with van der Waals surface area (Å²) in [7, 11) is 1.65. The highest BCUT2D eigenvalue weighted by Gasteiger charge is 2.33. The highest BCUT2D eigenvalue weighted by atomic mass is 16.6. The molecular weight excluding hydrogens is 464 g/mol. The van der Waals surface area contributed by atoms with Crippen molar-refractivity contribution in [3.05, 3.63) is 47.8 Å². The number of carbonyl (C=O) groups excluding carboxylic acids is 2. The van der Waals surface area contributed by atoms with E-state index < -0.39 is 11.7 Å². The van der Waals surface area contributed by atoms with Crippen LogP contribution in [0, 0.1) is 6.92 Å². The number of aryl methyl sites for hydroxylation is 1. The molecule has 0 spiro atoms. The first-order valence-electron chi connectivity index (χ1n) is 11.9. The van der Waals surface area contributed by atoms with Crippen molar-refractivity contribution in [2.24, 2.45) is 0 Å². The van der Waals surface area contributed by atoms with Crippen LogP contribution < -0.4 is 14.4 Å². The first-order chi connectivity index (χ1) is 17.1. The highest BCUT2D eigenvalue weighted by molar-refractivity contribution is 5.99. The van der Waals surface area contributed by atoms with Crippen molar-refractivity contribution < 1.29 is 28.5 Å². The minimum atomic E-state index is -0.595. The molecule has 2 aliphatic heterocycles. The lowest BCUT2D eigenvalue weighted by Crippen LogP contribution is -2.54. The van der Waals surface area contributed by atoms with E-state index in [4.69, 9.17) is 18.9 Å². The van der Waals surface area contributed by atoms with Crippen LogP contribution in [-0.2, 0) is 9.47 Å². The summed E-state index contributed by atoms with van der Waals surface area (Å²) in [6.45, 7) is 9.29. The van der Waals surface area contributed by atoms with E-state index in [9.17, 15) is 9.59 Å². The summed E-state index contributed by atoms with van der Waals surface area (Å²) in [5.41, 5.74) is 2.10. The molecule has 1 fully saturated rings. The van der Waals surface area contributed by atoms with Crippen LogP contribution in [0.4, 0.5) is 10.5 Å². The van der Waals surface area contributed by atoms with Gasteiger partial charge in [-0.3, -0.25) is 9.69 Å². The highest BCUT2D eigenvalue weighted by Crippen LogP contribution is 2.38. The molecule has 10 nitrogen and oxygen atoms in total. The monoisotopic (exact) mass is 494 g/mol. The molecule has 2 aromatic heterocycles. The third-order valence-corrected chi connectivity index (χ3v) is 6.23. The van der Waals surface area contributed by atoms with Crippen LogP contribution in [0.5, 0.6) is 17.2 Å². The third-order valence-electron chi connectivity index (χ3n) is 6.23. The van der Waals surface area contributed by atoms with Gasteiger partial charge in [0.05, 0.1) is 30.1 Å². The average molecular weight is 495 g/mol. The maximum Gasteiger partial charge on any atom is 0.415 e. The summed E-state index contributed by atoms with van der Waals surface area (Å²) in [6, 6.07) is 7.06. The number of ether oxygens (including phenoxy) is 4. The van der Waals surface area contributed by atoms with Crippen LogP contribution in [0.1, 0.15) is 36.7 Å². The Hall–Kier alpha value is -3.79. The summed E-state index contributed by atoms with van der Waals surface area (Å²) < 4.78 is 24.5. The largest absolute Gasteiger partial charge is 0.489 e. The molecule has 190 valence electrons. The predicted molar refractivity (Wildman–Crippen MR) is 132 cm³/mol. The molecule has 5 rings (SSSR count). The maximum atomic E-state index is 13.0. The van der Waals surface area contributed by atoms with Gasteiger partial charge in [0.15, 0.2) is 5.75 Å². The molecule has 4 heterocycles. The fourth-order valence-electron chi connectivity index (χ4n) is 4.34. The first-order valence-corrected chi connectivity index (χ1v) is 11.9. The van der Waals surface area contributed by atoms with Crippen molar-refractivity contribution in [2.75, 3.05) is 38.3 Å². The second-order valence-corrected chi connectivity index (χ2v) is 9.94. The predicted octanol–water partition coefficient (Wildman–Crippen LogP) is 4.04. The number of anilines is 1. The molecule has 0 saturated carbocycles. The van der Waals surface area contributed by atoms with E-state index in [0.717, 1.165) is 5.56 Å². The van der Waals surface area contributed by atoms with E-state index in [0.29, 0.717) is 60.3 Å². The quantitative estimate of drug-likeness (QED) is 0.540. The maximum absolute atomic E-state index is 13.0. The molecule has 0 atom stereocenters. The van der Waals surface area contributed by atoms with E-state index in [1.807, 2.05) is 27.7 Å². The Labute approximate surface area is 209 Å². The molecule has 0 aliphatic carbocycles. The van der Waals surface area contributed by atoms with Crippen molar-refractivity contribution in [2.45, 2.75) is 39.4 Å². The van der Waals surface area contributed by atoms with Crippen molar-refractivity contribution in [3.8, 4) is 17.2 Å². The topological polar surface area (TPSA) is 94.8 Å². The third kappa shape index (κ3) is 4.44. The number of hydrogen-bond acceptors (Lipinski definition) is 7. The number of amides is 2. The lowest BCUT2D eigenvalue weighted by atomic mass is 10.1. The van der Waals surface area contributed by atoms with Crippen molar-refractivity contribution in [3.63, 3.8) is 0 Å². The Morgan fingerprint density at radius 3 is 2.67 bits per heavy atom. The van der Waals surface area contributed by atoms with E-state index in [-0.39, 0.29) is 12.0 Å². The smallest absolute Gasteiger partial charge is 0.415 e. The number of aromatic nitrogens is 2. The van der Waals surface area contributed by atoms with E-state index in [1.165, 1.54) is 0 Å². The van der Waals surface area contributed by atoms with Gasteiger partial charge in [-0.25, -0.2) is 9.31 Å². The molecule has 2 aliphatic rings. The Bertz CT molecular complexity index is 1320. The molecule has 1 saturated heterocycles. The summed E-state index contributed by atoms with van der Waals surface area (Å²) in [4.78, 5) is 29.0. The van der Waals surface area contributed by atoms with E-state index >= 15 is 0 Å². The van der Waals surface area contributed by atoms with Gasteiger partial charge in [0.25, 0.3) is 5.91 Å². The van der Waals surface area contributed by atoms with Gasteiger partial charge in [0.1, 0.15) is 29.2 Å². The number of likely N-dealkylation sites (tertiary alicyclic amines) is 1. The first kappa shape index (κ1) is 23.9. The molecule has 0 unspecified atom stereocenters. The lowest BCUT2D eigenvalue weighted by molar-refractivity contribution is -0.0192. The second-order valence-electron chi connectivity index (χ2n) is 9.94. The number of fused-ring (bicyclic) bond motifs is 2. The fraction of sp³-hybridized carbons (Fsp3) is 0.423. The van der Waals surface area contributed by atoms with Crippen LogP contribution in [-0.4, -0.2) is 71.6 Å². The van der Waals surface area contributed by atoms with Gasteiger partial charge < -0.3 is 23.8 Å². The number of hydrogen-bond donors (Lipinski definition) is 0. The molecule has 1 aromatic carbocycles. The summed E-state index contributed by atoms with van der Waals surface area (Å²) in [5.74, 6) is 1.57. The van der Waals surface area contributed by atoms with Crippen LogP contribution in [0.2, 0.25) is 0 Å². The molecule has 3 aromatic rings. The number of nitrogens with zero attached hydrogens (tertiary/aromatic N) is 4. The summed E-state index contributed by atoms with van der Waals surface area (Å²) in [5, 5.41) is 4.37. The van der Waals surface area contributed by atoms with E-state index in [1.54, 1.807) is 58.1 Å². The van der Waals surface area contributed by atoms with Crippen LogP contribution in [0.3, 0.4) is 0 Å². The van der Waals surface area contributed by atoms with Crippen LogP contribution in [0.15, 0.2) is 36.7 Å².